The van der Waals surface area contributed by atoms with Crippen LogP contribution in [0.2, 0.25) is 0 Å². The molecule has 1 aliphatic carbocycles. The number of carboxylic acid groups (broad SMARTS) is 1. The largest absolute Gasteiger partial charge is 0.478 e. The molecule has 2 aliphatic heterocycles. The molecule has 3 aliphatic rings. The van der Waals surface area contributed by atoms with Gasteiger partial charge in [-0.25, -0.2) is 4.79 Å². The van der Waals surface area contributed by atoms with Crippen molar-refractivity contribution < 1.29 is 74.5 Å². The molecule has 2 aromatic carbocycles. The minimum absolute atomic E-state index is 0.00838. The minimum atomic E-state index is -1.84. The second-order valence-electron chi connectivity index (χ2n) is 10.2. The van der Waals surface area contributed by atoms with Crippen molar-refractivity contribution >= 4 is 11.8 Å². The van der Waals surface area contributed by atoms with Crippen LogP contribution in [-0.2, 0) is 15.9 Å². The molecule has 9 N–H and O–H groups in total. The molecule has 10 atom stereocenters. The average Bonchev–Trinajstić information content (AvgIpc) is 2.97. The van der Waals surface area contributed by atoms with Crippen molar-refractivity contribution in [3.8, 4) is 11.5 Å². The summed E-state index contributed by atoms with van der Waals surface area (Å²) >= 11 is 0. The summed E-state index contributed by atoms with van der Waals surface area (Å²) < 4.78 is 22.3. The zero-order chi connectivity index (χ0) is 30.5. The van der Waals surface area contributed by atoms with E-state index in [2.05, 4.69) is 0 Å². The highest BCUT2D eigenvalue weighted by Gasteiger charge is 2.47. The Labute approximate surface area is 237 Å². The number of carbonyl (C=O) groups is 2. The van der Waals surface area contributed by atoms with Crippen LogP contribution >= 0.6 is 0 Å². The van der Waals surface area contributed by atoms with Crippen LogP contribution in [-0.4, -0.2) is 132 Å². The number of fused-ring (bicyclic) bond motifs is 2. The van der Waals surface area contributed by atoms with E-state index in [-0.39, 0.29) is 40.2 Å². The maximum absolute atomic E-state index is 14.0. The molecule has 0 bridgehead atoms. The molecule has 2 aromatic rings. The van der Waals surface area contributed by atoms with Gasteiger partial charge in [0.05, 0.1) is 29.9 Å². The predicted octanol–water partition coefficient (Wildman–Crippen LogP) is -3.12. The Hall–Kier alpha value is -3.22. The molecule has 5 rings (SSSR count). The lowest BCUT2D eigenvalue weighted by Gasteiger charge is -2.40. The summed E-state index contributed by atoms with van der Waals surface area (Å²) in [5.41, 5.74) is 0.212. The van der Waals surface area contributed by atoms with Gasteiger partial charge < -0.3 is 64.9 Å². The van der Waals surface area contributed by atoms with Crippen LogP contribution in [0, 0.1) is 0 Å². The quantitative estimate of drug-likeness (QED) is 0.131. The van der Waals surface area contributed by atoms with Gasteiger partial charge in [-0.2, -0.15) is 0 Å². The maximum Gasteiger partial charge on any atom is 0.335 e. The summed E-state index contributed by atoms with van der Waals surface area (Å²) in [6.07, 6.45) is -16.3. The van der Waals surface area contributed by atoms with Gasteiger partial charge in [0.2, 0.25) is 18.4 Å². The maximum atomic E-state index is 14.0. The first kappa shape index (κ1) is 30.2. The highest BCUT2D eigenvalue weighted by Crippen LogP contribution is 2.40. The zero-order valence-corrected chi connectivity index (χ0v) is 21.8. The first-order valence-corrected chi connectivity index (χ1v) is 13.0. The SMILES string of the molecule is O=C(O)c1cc2c(c(O[C@@H]3O[C@H](CO)[C@@H](O)[C@@H](O)[C@H]3O)c1)C(=O)c1c(cccc1O[C@@H]1O[C@@H](CO)[C@@H](O)[C@@H](O)[C@@H]1O)C2. The van der Waals surface area contributed by atoms with Crippen LogP contribution < -0.4 is 9.47 Å². The van der Waals surface area contributed by atoms with Crippen molar-refractivity contribution in [3.05, 3.63) is 58.1 Å². The molecular weight excluding hydrogens is 564 g/mol. The van der Waals surface area contributed by atoms with Gasteiger partial charge in [0, 0.05) is 0 Å². The van der Waals surface area contributed by atoms with Gasteiger partial charge in [-0.3, -0.25) is 4.79 Å². The summed E-state index contributed by atoms with van der Waals surface area (Å²) in [4.78, 5) is 25.9. The van der Waals surface area contributed by atoms with Gasteiger partial charge in [-0.1, -0.05) is 12.1 Å². The Balaban J connectivity index is 1.52. The first-order chi connectivity index (χ1) is 20.0. The Morgan fingerprint density at radius 3 is 1.79 bits per heavy atom. The fourth-order valence-corrected chi connectivity index (χ4v) is 5.28. The molecule has 0 saturated carbocycles. The lowest BCUT2D eigenvalue weighted by Crippen LogP contribution is -2.60. The smallest absolute Gasteiger partial charge is 0.335 e. The molecule has 0 unspecified atom stereocenters. The van der Waals surface area contributed by atoms with Crippen LogP contribution in [0.4, 0.5) is 0 Å². The topological polar surface area (TPSA) is 253 Å². The number of aliphatic hydroxyl groups excluding tert-OH is 8. The summed E-state index contributed by atoms with van der Waals surface area (Å²) in [5, 5.41) is 90.0. The van der Waals surface area contributed by atoms with E-state index in [9.17, 15) is 55.5 Å². The number of rotatable bonds is 7. The molecule has 42 heavy (non-hydrogen) atoms. The van der Waals surface area contributed by atoms with Crippen LogP contribution in [0.3, 0.4) is 0 Å². The summed E-state index contributed by atoms with van der Waals surface area (Å²) in [6.45, 7) is -1.45. The fourth-order valence-electron chi connectivity index (χ4n) is 5.28. The lowest BCUT2D eigenvalue weighted by molar-refractivity contribution is -0.277. The average molecular weight is 595 g/mol. The Morgan fingerprint density at radius 1 is 0.738 bits per heavy atom. The van der Waals surface area contributed by atoms with Crippen LogP contribution in [0.25, 0.3) is 0 Å². The molecule has 2 fully saturated rings. The van der Waals surface area contributed by atoms with Crippen molar-refractivity contribution in [1.29, 1.82) is 0 Å². The number of hydrogen-bond donors (Lipinski definition) is 9. The van der Waals surface area contributed by atoms with Gasteiger partial charge in [0.1, 0.15) is 60.3 Å². The zero-order valence-electron chi connectivity index (χ0n) is 21.8. The molecule has 2 saturated heterocycles. The van der Waals surface area contributed by atoms with E-state index in [1.165, 1.54) is 18.2 Å². The van der Waals surface area contributed by atoms with Crippen molar-refractivity contribution in [1.82, 2.24) is 0 Å². The molecule has 0 aromatic heterocycles. The highest BCUT2D eigenvalue weighted by molar-refractivity contribution is 6.16. The molecular formula is C27H30O15. The van der Waals surface area contributed by atoms with Gasteiger partial charge in [-0.15, -0.1) is 0 Å². The Bertz CT molecular complexity index is 1340. The highest BCUT2D eigenvalue weighted by atomic mass is 16.7. The third kappa shape index (κ3) is 5.24. The van der Waals surface area contributed by atoms with Crippen LogP contribution in [0.15, 0.2) is 30.3 Å². The number of carboxylic acids is 1. The van der Waals surface area contributed by atoms with Gasteiger partial charge in [0.25, 0.3) is 0 Å². The Kier molecular flexibility index (Phi) is 8.51. The molecule has 15 heteroatoms. The summed E-state index contributed by atoms with van der Waals surface area (Å²) in [5.74, 6) is -2.52. The molecule has 228 valence electrons. The van der Waals surface area contributed by atoms with E-state index in [4.69, 9.17) is 18.9 Å². The van der Waals surface area contributed by atoms with Crippen molar-refractivity contribution in [3.63, 3.8) is 0 Å². The monoisotopic (exact) mass is 594 g/mol. The van der Waals surface area contributed by atoms with Crippen LogP contribution in [0.1, 0.15) is 37.4 Å². The standard InChI is InChI=1S/C27H30O15/c28-7-14-18(30)21(33)23(35)26(41-14)39-12-3-1-2-9-4-10-5-11(25(37)38)6-13(17(10)20(32)16(9)12)40-27-24(36)22(34)19(31)15(8-29)42-27/h1-3,5-6,14-15,18-19,21-24,26-31,33-36H,4,7-8H2,(H,37,38)/t14-,15+,18+,19+,21+,22+,23-,24+,26+,27+/m0/s1. The number of hydrogen-bond acceptors (Lipinski definition) is 14. The van der Waals surface area contributed by atoms with Gasteiger partial charge in [-0.05, 0) is 35.7 Å². The van der Waals surface area contributed by atoms with E-state index in [0.29, 0.717) is 5.56 Å². The first-order valence-electron chi connectivity index (χ1n) is 13.0. The third-order valence-corrected chi connectivity index (χ3v) is 7.56. The molecule has 2 heterocycles. The number of aromatic carboxylic acids is 1. The minimum Gasteiger partial charge on any atom is -0.478 e. The number of ketones is 1. The van der Waals surface area contributed by atoms with Crippen molar-refractivity contribution in [2.24, 2.45) is 0 Å². The van der Waals surface area contributed by atoms with E-state index in [1.54, 1.807) is 6.07 Å². The van der Waals surface area contributed by atoms with E-state index >= 15 is 0 Å². The van der Waals surface area contributed by atoms with E-state index in [1.807, 2.05) is 0 Å². The number of aliphatic hydroxyl groups is 8. The summed E-state index contributed by atoms with van der Waals surface area (Å²) in [6, 6.07) is 6.79. The van der Waals surface area contributed by atoms with E-state index in [0.717, 1.165) is 6.07 Å². The molecule has 0 spiro atoms. The number of carbonyl (C=O) groups excluding carboxylic acids is 1. The number of ether oxygens (including phenoxy) is 4. The Morgan fingerprint density at radius 2 is 1.26 bits per heavy atom. The summed E-state index contributed by atoms with van der Waals surface area (Å²) in [7, 11) is 0. The number of benzene rings is 2. The molecule has 15 nitrogen and oxygen atoms in total. The normalized spacial score (nSPS) is 34.3. The van der Waals surface area contributed by atoms with Crippen molar-refractivity contribution in [2.75, 3.05) is 13.2 Å². The predicted molar refractivity (Wildman–Crippen MR) is 135 cm³/mol. The van der Waals surface area contributed by atoms with Gasteiger partial charge >= 0.3 is 5.97 Å². The second-order valence-corrected chi connectivity index (χ2v) is 10.2. The lowest BCUT2D eigenvalue weighted by atomic mass is 9.83. The third-order valence-electron chi connectivity index (χ3n) is 7.56. The molecule has 0 radical (unpaired) electrons. The van der Waals surface area contributed by atoms with Gasteiger partial charge in [0.15, 0.2) is 0 Å². The van der Waals surface area contributed by atoms with Crippen molar-refractivity contribution in [2.45, 2.75) is 67.8 Å². The van der Waals surface area contributed by atoms with Crippen LogP contribution in [0.5, 0.6) is 11.5 Å². The second kappa shape index (κ2) is 11.8. The van der Waals surface area contributed by atoms with E-state index < -0.39 is 86.4 Å². The fraction of sp³-hybridized carbons (Fsp3) is 0.481. The molecule has 0 amide bonds.